The third-order valence-electron chi connectivity index (χ3n) is 3.26. The van der Waals surface area contributed by atoms with Crippen LogP contribution in [-0.4, -0.2) is 21.9 Å². The number of aryl methyl sites for hydroxylation is 1. The van der Waals surface area contributed by atoms with Gasteiger partial charge in [0.05, 0.1) is 16.7 Å². The topological polar surface area (TPSA) is 61.2 Å². The van der Waals surface area contributed by atoms with Crippen LogP contribution < -0.4 is 5.43 Å². The highest BCUT2D eigenvalue weighted by atomic mass is 35.5. The molecule has 0 fully saturated rings. The summed E-state index contributed by atoms with van der Waals surface area (Å²) >= 11 is 5.83. The minimum atomic E-state index is -4.80. The zero-order valence-electron chi connectivity index (χ0n) is 13.8. The predicted octanol–water partition coefficient (Wildman–Crippen LogP) is 3.82. The molecule has 140 valence electrons. The van der Waals surface area contributed by atoms with Gasteiger partial charge in [0.25, 0.3) is 0 Å². The summed E-state index contributed by atoms with van der Waals surface area (Å²) in [6, 6.07) is 2.01. The molecule has 0 aliphatic rings. The first kappa shape index (κ1) is 19.9. The van der Waals surface area contributed by atoms with Gasteiger partial charge >= 0.3 is 12.1 Å². The number of benzene rings is 1. The highest BCUT2D eigenvalue weighted by Gasteiger charge is 2.35. The number of ether oxygens (including phenoxy) is 1. The zero-order chi connectivity index (χ0) is 19.8. The Kier molecular flexibility index (Phi) is 5.41. The lowest BCUT2D eigenvalue weighted by atomic mass is 10.1. The van der Waals surface area contributed by atoms with Crippen molar-refractivity contribution in [1.29, 1.82) is 0 Å². The Balaban J connectivity index is 2.64. The molecule has 0 aliphatic carbocycles. The van der Waals surface area contributed by atoms with Crippen LogP contribution in [0.1, 0.15) is 29.9 Å². The van der Waals surface area contributed by atoms with Gasteiger partial charge in [0, 0.05) is 18.7 Å². The van der Waals surface area contributed by atoms with Crippen molar-refractivity contribution in [3.05, 3.63) is 50.5 Å². The molecule has 1 aromatic heterocycles. The van der Waals surface area contributed by atoms with Crippen molar-refractivity contribution in [2.24, 2.45) is 7.05 Å². The summed E-state index contributed by atoms with van der Waals surface area (Å²) in [6.45, 7) is 3.17. The Morgan fingerprint density at radius 2 is 1.88 bits per heavy atom. The van der Waals surface area contributed by atoms with E-state index in [-0.39, 0.29) is 10.6 Å². The van der Waals surface area contributed by atoms with Gasteiger partial charge < -0.3 is 4.74 Å². The summed E-state index contributed by atoms with van der Waals surface area (Å²) in [4.78, 5) is 24.1. The van der Waals surface area contributed by atoms with E-state index in [4.69, 9.17) is 16.3 Å². The molecule has 1 heterocycles. The van der Waals surface area contributed by atoms with Crippen molar-refractivity contribution in [3.8, 4) is 11.3 Å². The van der Waals surface area contributed by atoms with Crippen LogP contribution in [0.4, 0.5) is 17.6 Å². The molecule has 10 heteroatoms. The SMILES string of the molecule is CC(C)OC(=O)c1cc(-c2nn(C)c(C(F)(F)F)cc2=O)c(F)cc1Cl. The van der Waals surface area contributed by atoms with E-state index in [1.54, 1.807) is 13.8 Å². The molecule has 26 heavy (non-hydrogen) atoms. The minimum absolute atomic E-state index is 0.236. The molecule has 0 saturated carbocycles. The summed E-state index contributed by atoms with van der Waals surface area (Å²) < 4.78 is 58.1. The second-order valence-electron chi connectivity index (χ2n) is 5.63. The number of halogens is 5. The minimum Gasteiger partial charge on any atom is -0.459 e. The zero-order valence-corrected chi connectivity index (χ0v) is 14.6. The molecule has 1 aromatic carbocycles. The Hall–Kier alpha value is -2.42. The fourth-order valence-electron chi connectivity index (χ4n) is 2.16. The van der Waals surface area contributed by atoms with Gasteiger partial charge in [-0.1, -0.05) is 11.6 Å². The van der Waals surface area contributed by atoms with Crippen molar-refractivity contribution >= 4 is 17.6 Å². The van der Waals surface area contributed by atoms with Gasteiger partial charge in [-0.2, -0.15) is 18.3 Å². The van der Waals surface area contributed by atoms with E-state index in [9.17, 15) is 27.2 Å². The maximum absolute atomic E-state index is 14.2. The van der Waals surface area contributed by atoms with Gasteiger partial charge in [-0.05, 0) is 26.0 Å². The standard InChI is InChI=1S/C16H13ClF4N2O3/c1-7(2)26-15(25)8-4-9(11(18)5-10(8)17)14-12(24)6-13(16(19,20)21)23(3)22-14/h4-7H,1-3H3. The van der Waals surface area contributed by atoms with Crippen molar-refractivity contribution in [2.45, 2.75) is 26.1 Å². The van der Waals surface area contributed by atoms with E-state index in [1.807, 2.05) is 0 Å². The van der Waals surface area contributed by atoms with Crippen LogP contribution in [0.25, 0.3) is 11.3 Å². The van der Waals surface area contributed by atoms with Crippen LogP contribution >= 0.6 is 11.6 Å². The van der Waals surface area contributed by atoms with E-state index in [2.05, 4.69) is 5.10 Å². The maximum Gasteiger partial charge on any atom is 0.433 e. The van der Waals surface area contributed by atoms with Gasteiger partial charge in [0.15, 0.2) is 0 Å². The van der Waals surface area contributed by atoms with Gasteiger partial charge in [-0.15, -0.1) is 0 Å². The Labute approximate surface area is 150 Å². The van der Waals surface area contributed by atoms with Gasteiger partial charge in [0.2, 0.25) is 5.43 Å². The van der Waals surface area contributed by atoms with Crippen LogP contribution in [0.3, 0.4) is 0 Å². The van der Waals surface area contributed by atoms with Crippen LogP contribution in [-0.2, 0) is 18.0 Å². The summed E-state index contributed by atoms with van der Waals surface area (Å²) in [5.41, 5.74) is -3.73. The number of aromatic nitrogens is 2. The molecule has 0 amide bonds. The largest absolute Gasteiger partial charge is 0.459 e. The summed E-state index contributed by atoms with van der Waals surface area (Å²) in [7, 11) is 0.966. The first-order valence-electron chi connectivity index (χ1n) is 7.27. The van der Waals surface area contributed by atoms with Crippen molar-refractivity contribution in [2.75, 3.05) is 0 Å². The predicted molar refractivity (Wildman–Crippen MR) is 85.4 cm³/mol. The van der Waals surface area contributed by atoms with E-state index in [0.717, 1.165) is 19.2 Å². The van der Waals surface area contributed by atoms with Crippen molar-refractivity contribution in [3.63, 3.8) is 0 Å². The molecule has 0 N–H and O–H groups in total. The van der Waals surface area contributed by atoms with E-state index >= 15 is 0 Å². The monoisotopic (exact) mass is 392 g/mol. The number of hydrogen-bond acceptors (Lipinski definition) is 4. The molecule has 0 bridgehead atoms. The number of esters is 1. The molecule has 0 radical (unpaired) electrons. The molecule has 0 aliphatic heterocycles. The third kappa shape index (κ3) is 4.04. The Morgan fingerprint density at radius 3 is 2.42 bits per heavy atom. The fraction of sp³-hybridized carbons (Fsp3) is 0.312. The number of nitrogens with zero attached hydrogens (tertiary/aromatic N) is 2. The molecular weight excluding hydrogens is 380 g/mol. The number of alkyl halides is 3. The average Bonchev–Trinajstić information content (AvgIpc) is 2.47. The smallest absolute Gasteiger partial charge is 0.433 e. The van der Waals surface area contributed by atoms with E-state index < -0.39 is 46.4 Å². The van der Waals surface area contributed by atoms with Gasteiger partial charge in [0.1, 0.15) is 17.2 Å². The maximum atomic E-state index is 14.2. The number of carbonyl (C=O) groups is 1. The normalized spacial score (nSPS) is 11.7. The number of hydrogen-bond donors (Lipinski definition) is 0. The van der Waals surface area contributed by atoms with E-state index in [0.29, 0.717) is 10.7 Å². The molecule has 2 rings (SSSR count). The lowest BCUT2D eigenvalue weighted by Crippen LogP contribution is -2.23. The van der Waals surface area contributed by atoms with Crippen LogP contribution in [0.5, 0.6) is 0 Å². The molecule has 2 aromatic rings. The summed E-state index contributed by atoms with van der Waals surface area (Å²) in [5.74, 6) is -1.88. The quantitative estimate of drug-likeness (QED) is 0.588. The third-order valence-corrected chi connectivity index (χ3v) is 3.58. The molecule has 0 saturated heterocycles. The first-order valence-corrected chi connectivity index (χ1v) is 7.65. The lowest BCUT2D eigenvalue weighted by Gasteiger charge is -2.14. The number of rotatable bonds is 3. The second-order valence-corrected chi connectivity index (χ2v) is 6.04. The van der Waals surface area contributed by atoms with E-state index in [1.165, 1.54) is 0 Å². The highest BCUT2D eigenvalue weighted by molar-refractivity contribution is 6.33. The molecule has 0 unspecified atom stereocenters. The van der Waals surface area contributed by atoms with Crippen molar-refractivity contribution < 1.29 is 27.1 Å². The Morgan fingerprint density at radius 1 is 1.27 bits per heavy atom. The second kappa shape index (κ2) is 7.06. The first-order chi connectivity index (χ1) is 11.9. The van der Waals surface area contributed by atoms with Crippen LogP contribution in [0.15, 0.2) is 23.0 Å². The summed E-state index contributed by atoms with van der Waals surface area (Å²) in [6.07, 6.45) is -5.28. The number of carbonyl (C=O) groups excluding carboxylic acids is 1. The van der Waals surface area contributed by atoms with Crippen LogP contribution in [0.2, 0.25) is 5.02 Å². The molecule has 5 nitrogen and oxygen atoms in total. The van der Waals surface area contributed by atoms with Crippen molar-refractivity contribution in [1.82, 2.24) is 9.78 Å². The van der Waals surface area contributed by atoms with Gasteiger partial charge in [-0.3, -0.25) is 9.48 Å². The van der Waals surface area contributed by atoms with Crippen LogP contribution in [0, 0.1) is 5.82 Å². The lowest BCUT2D eigenvalue weighted by molar-refractivity contribution is -0.144. The average molecular weight is 393 g/mol. The fourth-order valence-corrected chi connectivity index (χ4v) is 2.38. The van der Waals surface area contributed by atoms with Gasteiger partial charge in [-0.25, -0.2) is 9.18 Å². The Bertz CT molecular complexity index is 923. The molecular formula is C16H13ClF4N2O3. The highest BCUT2D eigenvalue weighted by Crippen LogP contribution is 2.30. The molecule has 0 atom stereocenters. The summed E-state index contributed by atoms with van der Waals surface area (Å²) in [5, 5.41) is 3.25. The molecule has 0 spiro atoms.